The molecule has 2 aromatic carbocycles. The van der Waals surface area contributed by atoms with E-state index >= 15 is 0 Å². The molecular weight excluding hydrogens is 380 g/mol. The fourth-order valence-electron chi connectivity index (χ4n) is 2.64. The molecule has 0 radical (unpaired) electrons. The van der Waals surface area contributed by atoms with Crippen molar-refractivity contribution in [1.82, 2.24) is 5.32 Å². The zero-order valence-corrected chi connectivity index (χ0v) is 15.5. The number of rotatable bonds is 7. The Balaban J connectivity index is 1.48. The Kier molecular flexibility index (Phi) is 6.08. The first kappa shape index (κ1) is 19.9. The molecule has 2 aromatic rings. The number of nitro groups is 1. The van der Waals surface area contributed by atoms with Gasteiger partial charge in [-0.05, 0) is 36.3 Å². The summed E-state index contributed by atoms with van der Waals surface area (Å²) in [7, 11) is 0. The van der Waals surface area contributed by atoms with Crippen LogP contribution in [0.2, 0.25) is 0 Å². The number of amides is 1. The van der Waals surface area contributed by atoms with Crippen molar-refractivity contribution in [3.05, 3.63) is 69.8 Å². The molecule has 0 bridgehead atoms. The largest absolute Gasteiger partial charge is 0.454 e. The number of nitrogens with zero attached hydrogens (tertiary/aromatic N) is 1. The van der Waals surface area contributed by atoms with E-state index in [0.29, 0.717) is 17.1 Å². The minimum absolute atomic E-state index is 0.0857. The molecule has 1 heterocycles. The van der Waals surface area contributed by atoms with Crippen molar-refractivity contribution in [3.8, 4) is 11.5 Å². The monoisotopic (exact) mass is 398 g/mol. The van der Waals surface area contributed by atoms with Gasteiger partial charge in [-0.3, -0.25) is 14.9 Å². The van der Waals surface area contributed by atoms with Gasteiger partial charge in [0.15, 0.2) is 18.1 Å². The highest BCUT2D eigenvalue weighted by atomic mass is 16.7. The number of hydrogen-bond donors (Lipinski definition) is 1. The van der Waals surface area contributed by atoms with E-state index < -0.39 is 23.4 Å². The summed E-state index contributed by atoms with van der Waals surface area (Å²) in [4.78, 5) is 34.0. The lowest BCUT2D eigenvalue weighted by Gasteiger charge is -2.14. The van der Waals surface area contributed by atoms with Crippen LogP contribution in [0.4, 0.5) is 5.69 Å². The van der Waals surface area contributed by atoms with Crippen molar-refractivity contribution in [1.29, 1.82) is 0 Å². The van der Waals surface area contributed by atoms with Gasteiger partial charge in [-0.2, -0.15) is 0 Å². The number of carbonyl (C=O) groups is 2. The minimum atomic E-state index is -0.734. The number of non-ortho nitro benzene ring substituents is 1. The molecule has 1 N–H and O–H groups in total. The van der Waals surface area contributed by atoms with E-state index in [-0.39, 0.29) is 18.5 Å². The first-order chi connectivity index (χ1) is 13.9. The first-order valence-electron chi connectivity index (χ1n) is 8.70. The van der Waals surface area contributed by atoms with Crippen LogP contribution in [0.15, 0.2) is 48.5 Å². The maximum Gasteiger partial charge on any atom is 0.331 e. The highest BCUT2D eigenvalue weighted by Gasteiger charge is 2.17. The Hall–Kier alpha value is -3.88. The second-order valence-corrected chi connectivity index (χ2v) is 6.20. The number of nitro benzene ring substituents is 1. The van der Waals surface area contributed by atoms with Gasteiger partial charge in [0.1, 0.15) is 0 Å². The second-order valence-electron chi connectivity index (χ2n) is 6.20. The molecule has 0 aromatic heterocycles. The molecule has 9 nitrogen and oxygen atoms in total. The van der Waals surface area contributed by atoms with Crippen LogP contribution < -0.4 is 14.8 Å². The normalized spacial score (nSPS) is 13.1. The van der Waals surface area contributed by atoms with Crippen LogP contribution in [0, 0.1) is 10.1 Å². The molecule has 1 atom stereocenters. The fourth-order valence-corrected chi connectivity index (χ4v) is 2.64. The fraction of sp³-hybridized carbons (Fsp3) is 0.200. The van der Waals surface area contributed by atoms with Crippen molar-refractivity contribution in [2.75, 3.05) is 13.4 Å². The van der Waals surface area contributed by atoms with Crippen molar-refractivity contribution >= 4 is 23.6 Å². The van der Waals surface area contributed by atoms with Crippen molar-refractivity contribution < 1.29 is 28.7 Å². The summed E-state index contributed by atoms with van der Waals surface area (Å²) in [5.41, 5.74) is 1.20. The quantitative estimate of drug-likeness (QED) is 0.330. The third kappa shape index (κ3) is 5.32. The van der Waals surface area contributed by atoms with Gasteiger partial charge in [0.25, 0.3) is 11.6 Å². The van der Waals surface area contributed by atoms with Crippen molar-refractivity contribution in [2.24, 2.45) is 0 Å². The average molecular weight is 398 g/mol. The molecule has 9 heteroatoms. The number of benzene rings is 2. The number of ether oxygens (including phenoxy) is 3. The Bertz CT molecular complexity index is 971. The van der Waals surface area contributed by atoms with Gasteiger partial charge in [0.2, 0.25) is 6.79 Å². The number of fused-ring (bicyclic) bond motifs is 1. The smallest absolute Gasteiger partial charge is 0.331 e. The van der Waals surface area contributed by atoms with Gasteiger partial charge < -0.3 is 19.5 Å². The van der Waals surface area contributed by atoms with Crippen molar-refractivity contribution in [2.45, 2.75) is 13.0 Å². The van der Waals surface area contributed by atoms with Crippen LogP contribution >= 0.6 is 0 Å². The zero-order chi connectivity index (χ0) is 20.8. The molecule has 0 fully saturated rings. The Labute approximate surface area is 166 Å². The van der Waals surface area contributed by atoms with E-state index in [4.69, 9.17) is 14.2 Å². The lowest BCUT2D eigenvalue weighted by atomic mass is 10.1. The van der Waals surface area contributed by atoms with Crippen LogP contribution in [0.3, 0.4) is 0 Å². The summed E-state index contributed by atoms with van der Waals surface area (Å²) in [6, 6.07) is 10.8. The molecule has 0 spiro atoms. The molecule has 1 aliphatic heterocycles. The number of carbonyl (C=O) groups excluding carboxylic acids is 2. The third-order valence-corrected chi connectivity index (χ3v) is 4.11. The zero-order valence-electron chi connectivity index (χ0n) is 15.5. The molecule has 1 amide bonds. The van der Waals surface area contributed by atoms with E-state index in [1.807, 2.05) is 6.07 Å². The maximum absolute atomic E-state index is 12.0. The molecule has 0 unspecified atom stereocenters. The summed E-state index contributed by atoms with van der Waals surface area (Å²) in [5.74, 6) is 0.0627. The Morgan fingerprint density at radius 1 is 1.24 bits per heavy atom. The van der Waals surface area contributed by atoms with Gasteiger partial charge >= 0.3 is 5.97 Å². The molecule has 3 rings (SSSR count). The lowest BCUT2D eigenvalue weighted by molar-refractivity contribution is -0.384. The van der Waals surface area contributed by atoms with E-state index in [1.165, 1.54) is 24.3 Å². The van der Waals surface area contributed by atoms with Crippen LogP contribution in [-0.2, 0) is 14.3 Å². The predicted octanol–water partition coefficient (Wildman–Crippen LogP) is 2.76. The van der Waals surface area contributed by atoms with E-state index in [0.717, 1.165) is 11.6 Å². The average Bonchev–Trinajstić information content (AvgIpc) is 3.18. The topological polar surface area (TPSA) is 117 Å². The number of hydrogen-bond acceptors (Lipinski definition) is 7. The van der Waals surface area contributed by atoms with Gasteiger partial charge in [-0.15, -0.1) is 0 Å². The summed E-state index contributed by atoms with van der Waals surface area (Å²) in [6.45, 7) is 1.51. The van der Waals surface area contributed by atoms with Crippen molar-refractivity contribution in [3.63, 3.8) is 0 Å². The van der Waals surface area contributed by atoms with Crippen LogP contribution in [0.5, 0.6) is 11.5 Å². The summed E-state index contributed by atoms with van der Waals surface area (Å²) in [6.07, 6.45) is 2.48. The molecule has 0 aliphatic carbocycles. The van der Waals surface area contributed by atoms with Gasteiger partial charge in [0.05, 0.1) is 11.0 Å². The van der Waals surface area contributed by atoms with E-state index in [9.17, 15) is 19.7 Å². The molecule has 150 valence electrons. The predicted molar refractivity (Wildman–Crippen MR) is 102 cm³/mol. The maximum atomic E-state index is 12.0. The Morgan fingerprint density at radius 2 is 2.03 bits per heavy atom. The molecule has 1 aliphatic rings. The standard InChI is InChI=1S/C20H18N2O7/c1-13(15-6-7-17-18(10-15)29-12-28-17)21-19(23)11-27-20(24)8-5-14-3-2-4-16(9-14)22(25)26/h2-10,13H,11-12H2,1H3,(H,21,23)/b8-5+/t13-/m1/s1. The van der Waals surface area contributed by atoms with Gasteiger partial charge in [0, 0.05) is 18.2 Å². The molecule has 0 saturated heterocycles. The van der Waals surface area contributed by atoms with Crippen LogP contribution in [0.1, 0.15) is 24.1 Å². The highest BCUT2D eigenvalue weighted by Crippen LogP contribution is 2.34. The van der Waals surface area contributed by atoms with Gasteiger partial charge in [-0.25, -0.2) is 4.79 Å². The molecule has 29 heavy (non-hydrogen) atoms. The molecule has 0 saturated carbocycles. The second kappa shape index (κ2) is 8.87. The molecular formula is C20H18N2O7. The van der Waals surface area contributed by atoms with Crippen LogP contribution in [-0.4, -0.2) is 30.2 Å². The lowest BCUT2D eigenvalue weighted by Crippen LogP contribution is -2.30. The minimum Gasteiger partial charge on any atom is -0.454 e. The summed E-state index contributed by atoms with van der Waals surface area (Å²) >= 11 is 0. The Morgan fingerprint density at radius 3 is 2.83 bits per heavy atom. The van der Waals surface area contributed by atoms with Crippen LogP contribution in [0.25, 0.3) is 6.08 Å². The number of nitrogens with one attached hydrogen (secondary N) is 1. The highest BCUT2D eigenvalue weighted by molar-refractivity contribution is 5.89. The van der Waals surface area contributed by atoms with E-state index in [1.54, 1.807) is 25.1 Å². The van der Waals surface area contributed by atoms with Gasteiger partial charge in [-0.1, -0.05) is 18.2 Å². The summed E-state index contributed by atoms with van der Waals surface area (Å²) in [5, 5.41) is 13.5. The third-order valence-electron chi connectivity index (χ3n) is 4.11. The van der Waals surface area contributed by atoms with E-state index in [2.05, 4.69) is 5.32 Å². The SMILES string of the molecule is C[C@@H](NC(=O)COC(=O)/C=C/c1cccc([N+](=O)[O-])c1)c1ccc2c(c1)OCO2. The first-order valence-corrected chi connectivity index (χ1v) is 8.70. The summed E-state index contributed by atoms with van der Waals surface area (Å²) < 4.78 is 15.5. The number of esters is 1.